The van der Waals surface area contributed by atoms with Crippen LogP contribution < -0.4 is 0 Å². The van der Waals surface area contributed by atoms with E-state index in [0.29, 0.717) is 32.7 Å². The summed E-state index contributed by atoms with van der Waals surface area (Å²) in [5.74, 6) is 0.283. The minimum atomic E-state index is 0.0174. The van der Waals surface area contributed by atoms with Crippen molar-refractivity contribution in [2.75, 3.05) is 52.4 Å². The number of carbonyl (C=O) groups excluding carboxylic acids is 2. The van der Waals surface area contributed by atoms with E-state index in [1.807, 2.05) is 57.6 Å². The van der Waals surface area contributed by atoms with E-state index in [4.69, 9.17) is 4.74 Å². The minimum Gasteiger partial charge on any atom is -0.373 e. The Balaban J connectivity index is 1.14. The molecule has 0 N–H and O–H groups in total. The van der Waals surface area contributed by atoms with Gasteiger partial charge in [0.2, 0.25) is 5.91 Å². The van der Waals surface area contributed by atoms with E-state index >= 15 is 0 Å². The van der Waals surface area contributed by atoms with Crippen LogP contribution in [0.25, 0.3) is 10.8 Å². The van der Waals surface area contributed by atoms with Gasteiger partial charge in [0.1, 0.15) is 0 Å². The lowest BCUT2D eigenvalue weighted by molar-refractivity contribution is -0.138. The predicted octanol–water partition coefficient (Wildman–Crippen LogP) is 3.52. The summed E-state index contributed by atoms with van der Waals surface area (Å²) >= 11 is 1.63. The zero-order chi connectivity index (χ0) is 23.3. The molecule has 5 rings (SSSR count). The first kappa shape index (κ1) is 23.0. The Labute approximate surface area is 204 Å². The van der Waals surface area contributed by atoms with Crippen molar-refractivity contribution in [3.05, 3.63) is 70.4 Å². The number of hydrogen-bond acceptors (Lipinski definition) is 5. The smallest absolute Gasteiger partial charge is 0.253 e. The first-order chi connectivity index (χ1) is 16.7. The molecule has 1 atom stereocenters. The van der Waals surface area contributed by atoms with Gasteiger partial charge in [-0.1, -0.05) is 36.4 Å². The van der Waals surface area contributed by atoms with E-state index in [1.54, 1.807) is 11.3 Å². The molecule has 2 amide bonds. The highest BCUT2D eigenvalue weighted by Crippen LogP contribution is 2.18. The molecule has 3 aromatic rings. The van der Waals surface area contributed by atoms with Crippen molar-refractivity contribution in [3.8, 4) is 0 Å². The summed E-state index contributed by atoms with van der Waals surface area (Å²) in [7, 11) is 0. The molecule has 0 spiro atoms. The molecule has 2 saturated heterocycles. The Morgan fingerprint density at radius 1 is 0.912 bits per heavy atom. The summed E-state index contributed by atoms with van der Waals surface area (Å²) in [5.41, 5.74) is 0.752. The Morgan fingerprint density at radius 2 is 1.79 bits per heavy atom. The average molecular weight is 478 g/mol. The molecule has 2 fully saturated rings. The van der Waals surface area contributed by atoms with Gasteiger partial charge < -0.3 is 14.5 Å². The lowest BCUT2D eigenvalue weighted by Crippen LogP contribution is -2.50. The first-order valence-corrected chi connectivity index (χ1v) is 13.0. The highest BCUT2D eigenvalue weighted by atomic mass is 32.1. The molecule has 1 aromatic heterocycles. The Kier molecular flexibility index (Phi) is 7.23. The zero-order valence-electron chi connectivity index (χ0n) is 19.4. The van der Waals surface area contributed by atoms with Crippen LogP contribution in [0.5, 0.6) is 0 Å². The van der Waals surface area contributed by atoms with E-state index in [9.17, 15) is 9.59 Å². The maximum Gasteiger partial charge on any atom is 0.253 e. The number of thiophene rings is 1. The zero-order valence-corrected chi connectivity index (χ0v) is 20.2. The fourth-order valence-corrected chi connectivity index (χ4v) is 5.58. The molecule has 1 unspecified atom stereocenters. The van der Waals surface area contributed by atoms with Crippen LogP contribution in [0.1, 0.15) is 21.7 Å². The monoisotopic (exact) mass is 477 g/mol. The van der Waals surface area contributed by atoms with Crippen LogP contribution in [0.15, 0.2) is 60.0 Å². The highest BCUT2D eigenvalue weighted by Gasteiger charge is 2.27. The van der Waals surface area contributed by atoms with Gasteiger partial charge in [0.15, 0.2) is 0 Å². The fourth-order valence-electron chi connectivity index (χ4n) is 4.88. The molecule has 2 aliphatic rings. The molecule has 0 bridgehead atoms. The number of nitrogens with zero attached hydrogens (tertiary/aromatic N) is 3. The van der Waals surface area contributed by atoms with E-state index in [-0.39, 0.29) is 17.9 Å². The van der Waals surface area contributed by atoms with Gasteiger partial charge in [-0.15, -0.1) is 11.3 Å². The number of ether oxygens (including phenoxy) is 1. The minimum absolute atomic E-state index is 0.0174. The van der Waals surface area contributed by atoms with Crippen molar-refractivity contribution in [1.29, 1.82) is 0 Å². The molecule has 3 heterocycles. The standard InChI is InChI=1S/C27H31N3O3S/c31-26(18-25-7-3-16-34-25)30-14-15-33-24(20-30)19-28-10-4-11-29(13-12-28)27(32)23-9-8-21-5-1-2-6-22(21)17-23/h1-3,5-9,16-17,24H,4,10-15,18-20H2. The second-order valence-corrected chi connectivity index (χ2v) is 10.1. The van der Waals surface area contributed by atoms with Gasteiger partial charge in [0.25, 0.3) is 5.91 Å². The fraction of sp³-hybridized carbons (Fsp3) is 0.407. The maximum absolute atomic E-state index is 13.2. The van der Waals surface area contributed by atoms with Crippen LogP contribution in [-0.4, -0.2) is 85.0 Å². The highest BCUT2D eigenvalue weighted by molar-refractivity contribution is 7.10. The number of morpholine rings is 1. The van der Waals surface area contributed by atoms with Crippen molar-refractivity contribution in [3.63, 3.8) is 0 Å². The maximum atomic E-state index is 13.2. The number of carbonyl (C=O) groups is 2. The van der Waals surface area contributed by atoms with E-state index in [1.165, 1.54) is 0 Å². The number of benzene rings is 2. The Bertz CT molecular complexity index is 1130. The molecule has 0 saturated carbocycles. The van der Waals surface area contributed by atoms with E-state index < -0.39 is 0 Å². The molecular formula is C27H31N3O3S. The van der Waals surface area contributed by atoms with Crippen molar-refractivity contribution < 1.29 is 14.3 Å². The molecule has 0 aliphatic carbocycles. The molecule has 7 heteroatoms. The predicted molar refractivity (Wildman–Crippen MR) is 135 cm³/mol. The number of fused-ring (bicyclic) bond motifs is 1. The summed E-state index contributed by atoms with van der Waals surface area (Å²) in [6.07, 6.45) is 1.43. The molecule has 2 aliphatic heterocycles. The third kappa shape index (κ3) is 5.49. The van der Waals surface area contributed by atoms with Crippen LogP contribution in [0.2, 0.25) is 0 Å². The Morgan fingerprint density at radius 3 is 2.65 bits per heavy atom. The molecular weight excluding hydrogens is 446 g/mol. The van der Waals surface area contributed by atoms with Crippen LogP contribution in [0.3, 0.4) is 0 Å². The average Bonchev–Trinajstić information content (AvgIpc) is 3.27. The third-order valence-corrected chi connectivity index (χ3v) is 7.61. The largest absolute Gasteiger partial charge is 0.373 e. The van der Waals surface area contributed by atoms with Gasteiger partial charge in [-0.25, -0.2) is 0 Å². The van der Waals surface area contributed by atoms with Gasteiger partial charge in [0, 0.05) is 49.7 Å². The van der Waals surface area contributed by atoms with E-state index in [2.05, 4.69) is 17.0 Å². The van der Waals surface area contributed by atoms with Crippen molar-refractivity contribution >= 4 is 33.9 Å². The van der Waals surface area contributed by atoms with Gasteiger partial charge in [0.05, 0.1) is 19.1 Å². The second kappa shape index (κ2) is 10.7. The van der Waals surface area contributed by atoms with Crippen LogP contribution >= 0.6 is 11.3 Å². The molecule has 34 heavy (non-hydrogen) atoms. The molecule has 6 nitrogen and oxygen atoms in total. The van der Waals surface area contributed by atoms with Crippen LogP contribution in [0, 0.1) is 0 Å². The summed E-state index contributed by atoms with van der Waals surface area (Å²) in [6.45, 7) is 5.91. The summed E-state index contributed by atoms with van der Waals surface area (Å²) < 4.78 is 6.01. The summed E-state index contributed by atoms with van der Waals surface area (Å²) in [6, 6.07) is 18.1. The lowest BCUT2D eigenvalue weighted by Gasteiger charge is -2.35. The van der Waals surface area contributed by atoms with Crippen molar-refractivity contribution in [2.45, 2.75) is 18.9 Å². The molecule has 2 aromatic carbocycles. The normalized spacial score (nSPS) is 19.8. The first-order valence-electron chi connectivity index (χ1n) is 12.1. The molecule has 0 radical (unpaired) electrons. The number of hydrogen-bond donors (Lipinski definition) is 0. The Hall–Kier alpha value is -2.74. The quantitative estimate of drug-likeness (QED) is 0.564. The van der Waals surface area contributed by atoms with Crippen LogP contribution in [-0.2, 0) is 16.0 Å². The van der Waals surface area contributed by atoms with Crippen molar-refractivity contribution in [2.24, 2.45) is 0 Å². The van der Waals surface area contributed by atoms with Crippen molar-refractivity contribution in [1.82, 2.24) is 14.7 Å². The topological polar surface area (TPSA) is 53.1 Å². The summed E-state index contributed by atoms with van der Waals surface area (Å²) in [5, 5.41) is 4.26. The van der Waals surface area contributed by atoms with Gasteiger partial charge in [-0.05, 0) is 47.3 Å². The SMILES string of the molecule is O=C(Cc1cccs1)N1CCOC(CN2CCCN(C(=O)c3ccc4ccccc4c3)CC2)C1. The number of rotatable bonds is 5. The lowest BCUT2D eigenvalue weighted by atomic mass is 10.1. The third-order valence-electron chi connectivity index (χ3n) is 6.73. The van der Waals surface area contributed by atoms with Gasteiger partial charge in [-0.2, -0.15) is 0 Å². The number of amides is 2. The van der Waals surface area contributed by atoms with Crippen LogP contribution in [0.4, 0.5) is 0 Å². The summed E-state index contributed by atoms with van der Waals surface area (Å²) in [4.78, 5) is 33.3. The van der Waals surface area contributed by atoms with Gasteiger partial charge in [-0.3, -0.25) is 14.5 Å². The second-order valence-electron chi connectivity index (χ2n) is 9.10. The van der Waals surface area contributed by atoms with Gasteiger partial charge >= 0.3 is 0 Å². The molecule has 178 valence electrons. The van der Waals surface area contributed by atoms with E-state index in [0.717, 1.165) is 53.8 Å².